The van der Waals surface area contributed by atoms with Gasteiger partial charge in [0.2, 0.25) is 12.7 Å². The molecule has 1 saturated carbocycles. The third-order valence-electron chi connectivity index (χ3n) is 8.57. The molecule has 2 heterocycles. The smallest absolute Gasteiger partial charge is 0.296 e. The first-order valence-electron chi connectivity index (χ1n) is 11.4. The highest BCUT2D eigenvalue weighted by Crippen LogP contribution is 2.70. The Morgan fingerprint density at radius 2 is 1.71 bits per heavy atom. The zero-order valence-electron chi connectivity index (χ0n) is 19.8. The van der Waals surface area contributed by atoms with Gasteiger partial charge in [-0.15, -0.1) is 0 Å². The molecule has 3 aromatic rings. The molecule has 0 spiro atoms. The Balaban J connectivity index is 1.50. The number of aromatic nitrogens is 2. The van der Waals surface area contributed by atoms with Crippen LogP contribution in [0.4, 0.5) is 11.4 Å². The van der Waals surface area contributed by atoms with E-state index >= 15 is 0 Å². The van der Waals surface area contributed by atoms with Gasteiger partial charge in [0.25, 0.3) is 5.69 Å². The quantitative estimate of drug-likeness (QED) is 0.438. The van der Waals surface area contributed by atoms with Crippen molar-refractivity contribution in [1.29, 1.82) is 0 Å². The minimum absolute atomic E-state index is 0.116. The third-order valence-corrected chi connectivity index (χ3v) is 8.57. The average molecular weight is 476 g/mol. The van der Waals surface area contributed by atoms with Crippen molar-refractivity contribution < 1.29 is 23.9 Å². The summed E-state index contributed by atoms with van der Waals surface area (Å²) in [6, 6.07) is 7.99. The maximum Gasteiger partial charge on any atom is 0.296 e. The first-order valence-corrected chi connectivity index (χ1v) is 11.4. The normalized spacial score (nSPS) is 24.9. The zero-order valence-corrected chi connectivity index (χ0v) is 19.8. The van der Waals surface area contributed by atoms with Crippen LogP contribution < -0.4 is 19.5 Å². The van der Waals surface area contributed by atoms with Gasteiger partial charge >= 0.3 is 0 Å². The summed E-state index contributed by atoms with van der Waals surface area (Å²) < 4.78 is 16.1. The SMILES string of the molecule is COc1ccc(NC(=O)C23CCC(C)(c4nc5cc6c(cc5nc42)OCO6)C3(C)C)c([N+](=O)[O-])c1. The van der Waals surface area contributed by atoms with Gasteiger partial charge in [-0.05, 0) is 30.4 Å². The molecule has 35 heavy (non-hydrogen) atoms. The van der Waals surface area contributed by atoms with E-state index in [1.807, 2.05) is 6.07 Å². The number of ether oxygens (including phenoxy) is 3. The van der Waals surface area contributed by atoms with Crippen LogP contribution in [0, 0.1) is 15.5 Å². The molecule has 1 aromatic heterocycles. The van der Waals surface area contributed by atoms with Crippen LogP contribution in [-0.4, -0.2) is 34.7 Å². The Morgan fingerprint density at radius 1 is 1.06 bits per heavy atom. The zero-order chi connectivity index (χ0) is 24.8. The molecule has 2 bridgehead atoms. The standard InChI is InChI=1S/C25H24N4O6/c1-23(2)24(3)7-8-25(23,22(30)28-14-6-5-13(33-4)9-17(14)29(31)32)21-20(24)26-15-10-18-19(35-12-34-18)11-16(15)27-21/h5-6,9-11H,7-8,12H2,1-4H3,(H,28,30). The minimum Gasteiger partial charge on any atom is -0.496 e. The summed E-state index contributed by atoms with van der Waals surface area (Å²) in [6.07, 6.45) is 1.31. The lowest BCUT2D eigenvalue weighted by Crippen LogP contribution is -2.48. The number of rotatable bonds is 4. The average Bonchev–Trinajstić information content (AvgIpc) is 3.40. The minimum atomic E-state index is -1.01. The van der Waals surface area contributed by atoms with Crippen molar-refractivity contribution >= 4 is 28.3 Å². The van der Waals surface area contributed by atoms with E-state index in [0.29, 0.717) is 40.4 Å². The summed E-state index contributed by atoms with van der Waals surface area (Å²) in [5, 5.41) is 14.6. The number of nitro benzene ring substituents is 1. The first kappa shape index (κ1) is 21.6. The van der Waals surface area contributed by atoms with Gasteiger partial charge < -0.3 is 19.5 Å². The fourth-order valence-corrected chi connectivity index (χ4v) is 6.12. The summed E-state index contributed by atoms with van der Waals surface area (Å²) in [6.45, 7) is 6.38. The molecule has 1 fully saturated rings. The largest absolute Gasteiger partial charge is 0.496 e. The fourth-order valence-electron chi connectivity index (χ4n) is 6.12. The monoisotopic (exact) mass is 476 g/mol. The maximum atomic E-state index is 14.1. The Kier molecular flexibility index (Phi) is 4.19. The number of hydrogen-bond donors (Lipinski definition) is 1. The molecule has 10 nitrogen and oxygen atoms in total. The highest BCUT2D eigenvalue weighted by Gasteiger charge is 2.73. The third kappa shape index (κ3) is 2.56. The lowest BCUT2D eigenvalue weighted by molar-refractivity contribution is -0.384. The summed E-state index contributed by atoms with van der Waals surface area (Å²) in [5.74, 6) is 1.22. The Bertz CT molecular complexity index is 1450. The predicted molar refractivity (Wildman–Crippen MR) is 126 cm³/mol. The van der Waals surface area contributed by atoms with Crippen molar-refractivity contribution in [3.8, 4) is 17.2 Å². The molecule has 180 valence electrons. The number of hydrogen-bond acceptors (Lipinski definition) is 8. The molecule has 1 amide bonds. The van der Waals surface area contributed by atoms with Crippen LogP contribution in [-0.2, 0) is 15.6 Å². The Labute approximate surface area is 200 Å². The van der Waals surface area contributed by atoms with Crippen molar-refractivity contribution in [3.63, 3.8) is 0 Å². The molecule has 1 aliphatic heterocycles. The van der Waals surface area contributed by atoms with E-state index in [2.05, 4.69) is 26.1 Å². The van der Waals surface area contributed by atoms with Crippen molar-refractivity contribution in [2.75, 3.05) is 19.2 Å². The van der Waals surface area contributed by atoms with E-state index in [9.17, 15) is 14.9 Å². The number of fused-ring (bicyclic) bond motifs is 7. The lowest BCUT2D eigenvalue weighted by Gasteiger charge is -2.39. The van der Waals surface area contributed by atoms with Crippen LogP contribution in [0.2, 0.25) is 0 Å². The summed E-state index contributed by atoms with van der Waals surface area (Å²) in [7, 11) is 1.43. The van der Waals surface area contributed by atoms with E-state index in [4.69, 9.17) is 24.2 Å². The molecule has 2 aromatic carbocycles. The number of anilines is 1. The summed E-state index contributed by atoms with van der Waals surface area (Å²) in [4.78, 5) is 35.2. The number of amides is 1. The number of methoxy groups -OCH3 is 1. The first-order chi connectivity index (χ1) is 16.6. The van der Waals surface area contributed by atoms with Gasteiger partial charge in [-0.1, -0.05) is 20.8 Å². The van der Waals surface area contributed by atoms with E-state index in [-0.39, 0.29) is 24.1 Å². The Morgan fingerprint density at radius 3 is 2.34 bits per heavy atom. The number of carbonyl (C=O) groups is 1. The molecule has 10 heteroatoms. The molecule has 0 saturated heterocycles. The van der Waals surface area contributed by atoms with Gasteiger partial charge in [-0.2, -0.15) is 0 Å². The summed E-state index contributed by atoms with van der Waals surface area (Å²) in [5.41, 5.74) is 0.636. The van der Waals surface area contributed by atoms with Gasteiger partial charge in [0.05, 0.1) is 45.9 Å². The molecule has 6 rings (SSSR count). The van der Waals surface area contributed by atoms with E-state index in [0.717, 1.165) is 12.1 Å². The van der Waals surface area contributed by atoms with Gasteiger partial charge in [-0.3, -0.25) is 14.9 Å². The van der Waals surface area contributed by atoms with Crippen molar-refractivity contribution in [2.45, 2.75) is 44.4 Å². The van der Waals surface area contributed by atoms with Crippen molar-refractivity contribution in [1.82, 2.24) is 9.97 Å². The van der Waals surface area contributed by atoms with Gasteiger partial charge in [0, 0.05) is 17.5 Å². The number of nitrogens with one attached hydrogen (secondary N) is 1. The van der Waals surface area contributed by atoms with Gasteiger partial charge in [0.1, 0.15) is 11.4 Å². The summed E-state index contributed by atoms with van der Waals surface area (Å²) >= 11 is 0. The topological polar surface area (TPSA) is 126 Å². The van der Waals surface area contributed by atoms with Gasteiger partial charge in [0.15, 0.2) is 11.5 Å². The number of carbonyl (C=O) groups excluding carboxylic acids is 1. The fraction of sp³-hybridized carbons (Fsp3) is 0.400. The molecular weight excluding hydrogens is 452 g/mol. The van der Waals surface area contributed by atoms with E-state index in [1.165, 1.54) is 19.2 Å². The van der Waals surface area contributed by atoms with Crippen LogP contribution >= 0.6 is 0 Å². The van der Waals surface area contributed by atoms with Crippen LogP contribution in [0.3, 0.4) is 0 Å². The highest BCUT2D eigenvalue weighted by atomic mass is 16.7. The molecule has 2 unspecified atom stereocenters. The van der Waals surface area contributed by atoms with E-state index < -0.39 is 21.2 Å². The van der Waals surface area contributed by atoms with Crippen LogP contribution in [0.5, 0.6) is 17.2 Å². The second-order valence-corrected chi connectivity index (χ2v) is 10.1. The van der Waals surface area contributed by atoms with Crippen LogP contribution in [0.15, 0.2) is 30.3 Å². The van der Waals surface area contributed by atoms with Crippen LogP contribution in [0.25, 0.3) is 11.0 Å². The second-order valence-electron chi connectivity index (χ2n) is 10.1. The lowest BCUT2D eigenvalue weighted by atomic mass is 9.63. The molecular formula is C25H24N4O6. The highest BCUT2D eigenvalue weighted by molar-refractivity contribution is 6.03. The molecule has 2 atom stereocenters. The number of nitrogens with zero attached hydrogens (tertiary/aromatic N) is 3. The number of nitro groups is 1. The maximum absolute atomic E-state index is 14.1. The van der Waals surface area contributed by atoms with E-state index in [1.54, 1.807) is 12.1 Å². The van der Waals surface area contributed by atoms with Crippen molar-refractivity contribution in [3.05, 3.63) is 51.8 Å². The molecule has 0 radical (unpaired) electrons. The Hall–Kier alpha value is -3.95. The number of benzene rings is 2. The predicted octanol–water partition coefficient (Wildman–Crippen LogP) is 4.24. The van der Waals surface area contributed by atoms with Crippen molar-refractivity contribution in [2.24, 2.45) is 5.41 Å². The molecule has 2 aliphatic carbocycles. The molecule has 3 aliphatic rings. The van der Waals surface area contributed by atoms with Gasteiger partial charge in [-0.25, -0.2) is 9.97 Å². The second kappa shape index (κ2) is 6.80. The molecule has 1 N–H and O–H groups in total. The van der Waals surface area contributed by atoms with Crippen LogP contribution in [0.1, 0.15) is 45.0 Å².